The summed E-state index contributed by atoms with van der Waals surface area (Å²) in [5.41, 5.74) is 1.06. The van der Waals surface area contributed by atoms with Crippen molar-refractivity contribution in [3.8, 4) is 11.3 Å². The predicted molar refractivity (Wildman–Crippen MR) is 127 cm³/mol. The number of carboxylic acid groups (broad SMARTS) is 1. The Labute approximate surface area is 205 Å². The summed E-state index contributed by atoms with van der Waals surface area (Å²) < 4.78 is 38.6. The number of anilines is 1. The van der Waals surface area contributed by atoms with Crippen molar-refractivity contribution in [1.29, 1.82) is 0 Å². The molecule has 0 fully saturated rings. The molecule has 0 amide bonds. The van der Waals surface area contributed by atoms with Crippen LogP contribution in [0.2, 0.25) is 0 Å². The van der Waals surface area contributed by atoms with Gasteiger partial charge in [-0.3, -0.25) is 0 Å². The molecule has 0 aliphatic heterocycles. The maximum Gasteiger partial charge on any atom is 0.239 e. The monoisotopic (exact) mass is 514 g/mol. The van der Waals surface area contributed by atoms with E-state index in [0.29, 0.717) is 11.3 Å². The lowest BCUT2D eigenvalue weighted by Gasteiger charge is -2.25. The normalized spacial score (nSPS) is 14.2. The summed E-state index contributed by atoms with van der Waals surface area (Å²) in [6, 6.07) is 5.21. The van der Waals surface area contributed by atoms with Crippen molar-refractivity contribution in [2.24, 2.45) is 0 Å². The Hall–Kier alpha value is -2.67. The Morgan fingerprint density at radius 2 is 1.66 bits per heavy atom. The fourth-order valence-electron chi connectivity index (χ4n) is 3.42. The Morgan fingerprint density at radius 3 is 2.14 bits per heavy atom. The van der Waals surface area contributed by atoms with Crippen molar-refractivity contribution >= 4 is 21.9 Å². The van der Waals surface area contributed by atoms with Gasteiger partial charge in [-0.15, -0.1) is 0 Å². The number of hydrogen-bond donors (Lipinski definition) is 3. The van der Waals surface area contributed by atoms with E-state index in [9.17, 15) is 38.0 Å². The topological polar surface area (TPSA) is 164 Å². The molecule has 1 heterocycles. The summed E-state index contributed by atoms with van der Waals surface area (Å²) in [5.74, 6) is -2.43. The van der Waals surface area contributed by atoms with Crippen molar-refractivity contribution in [2.75, 3.05) is 17.6 Å². The van der Waals surface area contributed by atoms with Crippen LogP contribution in [0, 0.1) is 5.82 Å². The van der Waals surface area contributed by atoms with E-state index in [4.69, 9.17) is 0 Å². The van der Waals surface area contributed by atoms with Gasteiger partial charge in [-0.25, -0.2) is 27.1 Å². The summed E-state index contributed by atoms with van der Waals surface area (Å²) >= 11 is 0. The number of carbonyl (C=O) groups is 1. The number of aliphatic hydroxyl groups excluding tert-OH is 3. The maximum absolute atomic E-state index is 13.5. The number of carbonyl (C=O) groups excluding carboxylic acids is 1. The van der Waals surface area contributed by atoms with Crippen molar-refractivity contribution in [3.05, 3.63) is 41.3 Å². The van der Waals surface area contributed by atoms with E-state index in [0.717, 1.165) is 10.6 Å². The predicted octanol–water partition coefficient (Wildman–Crippen LogP) is 1.11. The highest BCUT2D eigenvalue weighted by Gasteiger charge is 2.28. The molecule has 0 saturated carbocycles. The van der Waals surface area contributed by atoms with Crippen LogP contribution in [0.5, 0.6) is 0 Å². The average molecular weight is 515 g/mol. The second-order valence-electron chi connectivity index (χ2n) is 8.43. The smallest absolute Gasteiger partial charge is 0.239 e. The quantitative estimate of drug-likeness (QED) is 0.398. The van der Waals surface area contributed by atoms with E-state index in [1.807, 2.05) is 0 Å². The number of nitrogens with zero attached hydrogens (tertiary/aromatic N) is 3. The van der Waals surface area contributed by atoms with Gasteiger partial charge in [-0.2, -0.15) is 0 Å². The van der Waals surface area contributed by atoms with Crippen LogP contribution < -0.4 is 9.41 Å². The van der Waals surface area contributed by atoms with Gasteiger partial charge in [0.05, 0.1) is 36.0 Å². The van der Waals surface area contributed by atoms with Crippen LogP contribution in [0.25, 0.3) is 11.3 Å². The Balaban J connectivity index is 0.00000612. The third kappa shape index (κ3) is 8.20. The van der Waals surface area contributed by atoms with Gasteiger partial charge in [0, 0.05) is 37.0 Å². The van der Waals surface area contributed by atoms with Crippen LogP contribution in [0.3, 0.4) is 0 Å². The number of aromatic nitrogens is 2. The molecule has 1 unspecified atom stereocenters. The first-order chi connectivity index (χ1) is 15.7. The molecule has 3 atom stereocenters. The number of sulfonamides is 1. The molecule has 2 rings (SSSR count). The molecule has 1 aromatic heterocycles. The van der Waals surface area contributed by atoms with E-state index in [2.05, 4.69) is 9.97 Å². The third-order valence-electron chi connectivity index (χ3n) is 5.18. The van der Waals surface area contributed by atoms with Gasteiger partial charge < -0.3 is 25.2 Å². The van der Waals surface area contributed by atoms with Crippen LogP contribution in [0.4, 0.5) is 10.3 Å². The van der Waals surface area contributed by atoms with Gasteiger partial charge >= 0.3 is 0 Å². The molecule has 35 heavy (non-hydrogen) atoms. The van der Waals surface area contributed by atoms with Crippen LogP contribution >= 0.6 is 0 Å². The minimum Gasteiger partial charge on any atom is -0.550 e. The number of aliphatic carboxylic acids is 1. The molecule has 2 aromatic rings. The maximum atomic E-state index is 13.5. The zero-order chi connectivity index (χ0) is 25.8. The highest BCUT2D eigenvalue weighted by Crippen LogP contribution is 2.36. The number of benzene rings is 1. The fraction of sp³-hybridized carbons (Fsp3) is 0.522. The molecule has 0 aliphatic carbocycles. The number of hydrogen-bond acceptors (Lipinski definition) is 9. The molecule has 0 spiro atoms. The summed E-state index contributed by atoms with van der Waals surface area (Å²) in [6.07, 6.45) is -4.29. The van der Waals surface area contributed by atoms with Crippen LogP contribution in [0.15, 0.2) is 24.3 Å². The molecule has 0 aliphatic rings. The van der Waals surface area contributed by atoms with E-state index < -0.39 is 46.5 Å². The molecular formula is C23H33FN3O7S-. The van der Waals surface area contributed by atoms with Gasteiger partial charge in [0.25, 0.3) is 0 Å². The molecule has 10 nitrogen and oxygen atoms in total. The number of aliphatic hydroxyl groups is 3. The molecule has 0 radical (unpaired) electrons. The Bertz CT molecular complexity index is 1110. The number of halogens is 1. The molecule has 0 saturated heterocycles. The van der Waals surface area contributed by atoms with E-state index >= 15 is 0 Å². The van der Waals surface area contributed by atoms with Crippen LogP contribution in [-0.2, 0) is 14.8 Å². The minimum atomic E-state index is -3.71. The third-order valence-corrected chi connectivity index (χ3v) is 6.34. The molecular weight excluding hydrogens is 481 g/mol. The minimum absolute atomic E-state index is 0. The second-order valence-corrected chi connectivity index (χ2v) is 10.4. The van der Waals surface area contributed by atoms with E-state index in [1.165, 1.54) is 31.3 Å². The van der Waals surface area contributed by atoms with Crippen LogP contribution in [-0.4, -0.2) is 65.2 Å². The SMILES string of the molecule is C.CC(C)c1nc(N(C)S(C)(=O)=O)nc(-c2ccc(F)cc2)c1C(O)C[C@@H](O)C[C@@H](O)CC(=O)[O-]. The summed E-state index contributed by atoms with van der Waals surface area (Å²) in [7, 11) is -2.44. The lowest BCUT2D eigenvalue weighted by atomic mass is 9.91. The summed E-state index contributed by atoms with van der Waals surface area (Å²) in [5, 5.41) is 41.8. The lowest BCUT2D eigenvalue weighted by Crippen LogP contribution is -2.30. The van der Waals surface area contributed by atoms with Gasteiger partial charge in [0.2, 0.25) is 16.0 Å². The van der Waals surface area contributed by atoms with Crippen LogP contribution in [0.1, 0.15) is 63.8 Å². The first-order valence-electron chi connectivity index (χ1n) is 10.6. The molecule has 0 bridgehead atoms. The highest BCUT2D eigenvalue weighted by molar-refractivity contribution is 7.92. The number of carboxylic acids is 1. The standard InChI is InChI=1S/C22H30FN3O7S.CH4/c1-12(2)20-19(17(29)10-15(27)9-16(28)11-18(30)31)21(13-5-7-14(23)8-6-13)25-22(24-20)26(3)34(4,32)33;/h5-8,12,15-17,27-29H,9-11H2,1-4H3,(H,30,31);1H4/p-1/t15-,16+,17?;/m0./s1. The average Bonchev–Trinajstić information content (AvgIpc) is 2.71. The van der Waals surface area contributed by atoms with Crippen molar-refractivity contribution in [2.45, 2.75) is 64.8 Å². The van der Waals surface area contributed by atoms with Gasteiger partial charge in [0.1, 0.15) is 5.82 Å². The van der Waals surface area contributed by atoms with Crippen molar-refractivity contribution in [1.82, 2.24) is 9.97 Å². The zero-order valence-corrected chi connectivity index (χ0v) is 20.2. The Kier molecular flexibility index (Phi) is 10.7. The zero-order valence-electron chi connectivity index (χ0n) is 19.3. The van der Waals surface area contributed by atoms with Crippen molar-refractivity contribution < 1.29 is 38.0 Å². The molecule has 1 aromatic carbocycles. The van der Waals surface area contributed by atoms with Gasteiger partial charge in [-0.05, 0) is 36.6 Å². The van der Waals surface area contributed by atoms with Gasteiger partial charge in [-0.1, -0.05) is 21.3 Å². The van der Waals surface area contributed by atoms with Gasteiger partial charge in [0.15, 0.2) is 0 Å². The largest absolute Gasteiger partial charge is 0.550 e. The Morgan fingerprint density at radius 1 is 1.09 bits per heavy atom. The lowest BCUT2D eigenvalue weighted by molar-refractivity contribution is -0.307. The number of rotatable bonds is 11. The highest BCUT2D eigenvalue weighted by atomic mass is 32.2. The fourth-order valence-corrected chi connectivity index (χ4v) is 3.80. The molecule has 196 valence electrons. The van der Waals surface area contributed by atoms with Crippen molar-refractivity contribution in [3.63, 3.8) is 0 Å². The second kappa shape index (κ2) is 12.3. The molecule has 12 heteroatoms. The van der Waals surface area contributed by atoms with E-state index in [-0.39, 0.29) is 43.4 Å². The summed E-state index contributed by atoms with van der Waals surface area (Å²) in [4.78, 5) is 19.3. The first kappa shape index (κ1) is 30.4. The summed E-state index contributed by atoms with van der Waals surface area (Å²) in [6.45, 7) is 3.55. The van der Waals surface area contributed by atoms with E-state index in [1.54, 1.807) is 13.8 Å². The first-order valence-corrected chi connectivity index (χ1v) is 12.4. The molecule has 3 N–H and O–H groups in total.